The molecule has 0 aliphatic carbocycles. The van der Waals surface area contributed by atoms with Gasteiger partial charge in [-0.05, 0) is 31.2 Å². The smallest absolute Gasteiger partial charge is 0.344 e. The zero-order chi connectivity index (χ0) is 20.0. The van der Waals surface area contributed by atoms with Crippen LogP contribution in [-0.2, 0) is 25.6 Å². The molecule has 1 aromatic rings. The number of nitrogens with one attached hydrogen (secondary N) is 4. The fourth-order valence-corrected chi connectivity index (χ4v) is 2.97. The van der Waals surface area contributed by atoms with Crippen molar-refractivity contribution < 1.29 is 24.0 Å². The summed E-state index contributed by atoms with van der Waals surface area (Å²) in [7, 11) is 0. The lowest BCUT2D eigenvalue weighted by molar-refractivity contribution is -0.141. The lowest BCUT2D eigenvalue weighted by Crippen LogP contribution is -2.52. The van der Waals surface area contributed by atoms with E-state index in [1.54, 1.807) is 25.2 Å². The third-order valence-corrected chi connectivity index (χ3v) is 4.99. The summed E-state index contributed by atoms with van der Waals surface area (Å²) in [4.78, 5) is 60.2. The van der Waals surface area contributed by atoms with Gasteiger partial charge in [-0.1, -0.05) is 13.0 Å². The minimum absolute atomic E-state index is 0.289. The lowest BCUT2D eigenvalue weighted by atomic mass is 10.00. The number of carbonyl (C=O) groups is 5. The third kappa shape index (κ3) is 5.03. The van der Waals surface area contributed by atoms with E-state index in [2.05, 4.69) is 21.4 Å². The Morgan fingerprint density at radius 1 is 1.22 bits per heavy atom. The van der Waals surface area contributed by atoms with Gasteiger partial charge in [-0.25, -0.2) is 4.79 Å². The van der Waals surface area contributed by atoms with Gasteiger partial charge >= 0.3 is 17.8 Å². The van der Waals surface area contributed by atoms with Crippen molar-refractivity contribution in [3.63, 3.8) is 0 Å². The van der Waals surface area contributed by atoms with E-state index in [9.17, 15) is 24.0 Å². The second-order valence-corrected chi connectivity index (χ2v) is 7.09. The van der Waals surface area contributed by atoms with Crippen LogP contribution < -0.4 is 21.4 Å². The number of hydrogen-bond acceptors (Lipinski definition) is 6. The van der Waals surface area contributed by atoms with Gasteiger partial charge in [0.05, 0.1) is 6.54 Å². The van der Waals surface area contributed by atoms with Crippen LogP contribution in [-0.4, -0.2) is 53.3 Å². The highest BCUT2D eigenvalue weighted by Crippen LogP contribution is 2.18. The summed E-state index contributed by atoms with van der Waals surface area (Å²) in [5, 5.41) is 9.54. The van der Waals surface area contributed by atoms with Gasteiger partial charge in [0, 0.05) is 11.4 Å². The number of rotatable bonds is 7. The first-order valence-electron chi connectivity index (χ1n) is 8.31. The Morgan fingerprint density at radius 2 is 1.93 bits per heavy atom. The van der Waals surface area contributed by atoms with Gasteiger partial charge in [-0.15, -0.1) is 11.3 Å². The quantitative estimate of drug-likeness (QED) is 0.357. The molecule has 10 nitrogen and oxygen atoms in total. The lowest BCUT2D eigenvalue weighted by Gasteiger charge is -2.19. The van der Waals surface area contributed by atoms with E-state index in [0.717, 1.165) is 4.88 Å². The number of hydrazine groups is 1. The molecule has 1 saturated heterocycles. The van der Waals surface area contributed by atoms with E-state index in [-0.39, 0.29) is 6.54 Å². The van der Waals surface area contributed by atoms with Crippen LogP contribution >= 0.6 is 11.3 Å². The molecule has 0 bridgehead atoms. The van der Waals surface area contributed by atoms with Crippen molar-refractivity contribution in [2.24, 2.45) is 0 Å². The van der Waals surface area contributed by atoms with Gasteiger partial charge in [0.2, 0.25) is 0 Å². The fraction of sp³-hybridized carbons (Fsp3) is 0.438. The van der Waals surface area contributed by atoms with Crippen LogP contribution in [0.4, 0.5) is 4.79 Å². The molecule has 1 aliphatic heterocycles. The molecule has 1 atom stereocenters. The van der Waals surface area contributed by atoms with E-state index < -0.39 is 41.7 Å². The molecule has 1 aromatic heterocycles. The summed E-state index contributed by atoms with van der Waals surface area (Å²) >= 11 is 1.54. The average molecular weight is 395 g/mol. The molecule has 0 saturated carbocycles. The number of nitrogens with zero attached hydrogens (tertiary/aromatic N) is 1. The zero-order valence-electron chi connectivity index (χ0n) is 15.0. The first kappa shape index (κ1) is 20.4. The molecular formula is C16H21N5O5S. The SMILES string of the molecule is CCC1(C)NC(=O)N(NC(=O)CNC(=O)C(=O)NCCc2cccs2)C1=O. The first-order valence-corrected chi connectivity index (χ1v) is 9.19. The van der Waals surface area contributed by atoms with Crippen molar-refractivity contribution >= 4 is 41.0 Å². The van der Waals surface area contributed by atoms with Gasteiger partial charge in [-0.2, -0.15) is 5.01 Å². The highest BCUT2D eigenvalue weighted by molar-refractivity contribution is 7.09. The molecule has 6 amide bonds. The van der Waals surface area contributed by atoms with E-state index in [0.29, 0.717) is 17.9 Å². The van der Waals surface area contributed by atoms with Gasteiger partial charge in [0.15, 0.2) is 0 Å². The summed E-state index contributed by atoms with van der Waals surface area (Å²) in [6, 6.07) is 3.05. The summed E-state index contributed by atoms with van der Waals surface area (Å²) in [6.45, 7) is 3.00. The van der Waals surface area contributed by atoms with Crippen molar-refractivity contribution in [1.82, 2.24) is 26.4 Å². The minimum atomic E-state index is -1.09. The molecule has 1 aliphatic rings. The van der Waals surface area contributed by atoms with Crippen molar-refractivity contribution in [2.45, 2.75) is 32.2 Å². The Hall–Kier alpha value is -2.95. The fourth-order valence-electron chi connectivity index (χ4n) is 2.26. The second-order valence-electron chi connectivity index (χ2n) is 6.06. The molecule has 1 fully saturated rings. The number of imide groups is 1. The minimum Gasteiger partial charge on any atom is -0.347 e. The Morgan fingerprint density at radius 3 is 2.52 bits per heavy atom. The van der Waals surface area contributed by atoms with Crippen LogP contribution in [0.3, 0.4) is 0 Å². The summed E-state index contributed by atoms with van der Waals surface area (Å²) in [6.07, 6.45) is 0.950. The van der Waals surface area contributed by atoms with Crippen LogP contribution in [0.25, 0.3) is 0 Å². The number of amides is 6. The van der Waals surface area contributed by atoms with Gasteiger partial charge in [-0.3, -0.25) is 24.6 Å². The summed E-state index contributed by atoms with van der Waals surface area (Å²) < 4.78 is 0. The van der Waals surface area contributed by atoms with E-state index in [4.69, 9.17) is 0 Å². The molecule has 2 heterocycles. The Balaban J connectivity index is 1.73. The maximum atomic E-state index is 12.1. The van der Waals surface area contributed by atoms with Gasteiger partial charge in [0.25, 0.3) is 11.8 Å². The average Bonchev–Trinajstić information content (AvgIpc) is 3.22. The first-order chi connectivity index (χ1) is 12.8. The van der Waals surface area contributed by atoms with Gasteiger partial charge < -0.3 is 16.0 Å². The van der Waals surface area contributed by atoms with E-state index in [1.165, 1.54) is 0 Å². The summed E-state index contributed by atoms with van der Waals surface area (Å²) in [5.41, 5.74) is 1.02. The van der Waals surface area contributed by atoms with Crippen LogP contribution in [0.5, 0.6) is 0 Å². The largest absolute Gasteiger partial charge is 0.347 e. The van der Waals surface area contributed by atoms with Crippen LogP contribution in [0.15, 0.2) is 17.5 Å². The molecular weight excluding hydrogens is 374 g/mol. The van der Waals surface area contributed by atoms with Crippen molar-refractivity contribution in [2.75, 3.05) is 13.1 Å². The maximum absolute atomic E-state index is 12.1. The molecule has 146 valence electrons. The van der Waals surface area contributed by atoms with Crippen molar-refractivity contribution in [3.8, 4) is 0 Å². The van der Waals surface area contributed by atoms with Gasteiger partial charge in [0.1, 0.15) is 5.54 Å². The van der Waals surface area contributed by atoms with Crippen LogP contribution in [0, 0.1) is 0 Å². The zero-order valence-corrected chi connectivity index (χ0v) is 15.8. The van der Waals surface area contributed by atoms with Crippen molar-refractivity contribution in [1.29, 1.82) is 0 Å². The number of hydrogen-bond donors (Lipinski definition) is 4. The Kier molecular flexibility index (Phi) is 6.50. The summed E-state index contributed by atoms with van der Waals surface area (Å²) in [5.74, 6) is -3.25. The van der Waals surface area contributed by atoms with E-state index in [1.807, 2.05) is 17.5 Å². The normalized spacial score (nSPS) is 18.8. The number of carbonyl (C=O) groups excluding carboxylic acids is 5. The van der Waals surface area contributed by atoms with Crippen LogP contribution in [0.2, 0.25) is 0 Å². The standard InChI is InChI=1S/C16H21N5O5S/c1-3-16(2)14(25)21(15(26)19-16)20-11(22)9-18-13(24)12(23)17-7-6-10-5-4-8-27-10/h4-5,8H,3,6-7,9H2,1-2H3,(H,17,23)(H,18,24)(H,19,26)(H,20,22). The Bertz CT molecular complexity index is 750. The monoisotopic (exact) mass is 395 g/mol. The predicted octanol–water partition coefficient (Wildman–Crippen LogP) is -0.725. The van der Waals surface area contributed by atoms with Crippen LogP contribution in [0.1, 0.15) is 25.1 Å². The highest BCUT2D eigenvalue weighted by Gasteiger charge is 2.47. The topological polar surface area (TPSA) is 137 Å². The second kappa shape index (κ2) is 8.62. The molecule has 0 spiro atoms. The Labute approximate surface area is 159 Å². The molecule has 0 radical (unpaired) electrons. The van der Waals surface area contributed by atoms with E-state index >= 15 is 0 Å². The number of urea groups is 1. The highest BCUT2D eigenvalue weighted by atomic mass is 32.1. The molecule has 1 unspecified atom stereocenters. The molecule has 4 N–H and O–H groups in total. The maximum Gasteiger partial charge on any atom is 0.344 e. The predicted molar refractivity (Wildman–Crippen MR) is 96.3 cm³/mol. The molecule has 2 rings (SSSR count). The number of thiophene rings is 1. The third-order valence-electron chi connectivity index (χ3n) is 4.06. The molecule has 0 aromatic carbocycles. The molecule has 27 heavy (non-hydrogen) atoms. The molecule has 11 heteroatoms. The van der Waals surface area contributed by atoms with Crippen molar-refractivity contribution in [3.05, 3.63) is 22.4 Å².